The van der Waals surface area contributed by atoms with Gasteiger partial charge < -0.3 is 9.05 Å². The molecule has 0 fully saturated rings. The molecular formula is C20H13F6O3P. The Labute approximate surface area is 167 Å². The van der Waals surface area contributed by atoms with E-state index in [-0.39, 0.29) is 16.8 Å². The molecule has 10 heteroatoms. The van der Waals surface area contributed by atoms with Gasteiger partial charge in [-0.15, -0.1) is 0 Å². The minimum Gasteiger partial charge on any atom is -0.413 e. The monoisotopic (exact) mass is 446 g/mol. The van der Waals surface area contributed by atoms with Crippen LogP contribution in [0.3, 0.4) is 0 Å². The summed E-state index contributed by atoms with van der Waals surface area (Å²) in [5.41, 5.74) is -1.85. The summed E-state index contributed by atoms with van der Waals surface area (Å²) in [5.74, 6) is -0.329. The first-order chi connectivity index (χ1) is 14.0. The molecule has 0 radical (unpaired) electrons. The van der Waals surface area contributed by atoms with E-state index in [9.17, 15) is 30.9 Å². The van der Waals surface area contributed by atoms with Gasteiger partial charge in [-0.2, -0.15) is 26.3 Å². The predicted molar refractivity (Wildman–Crippen MR) is 97.8 cm³/mol. The molecule has 0 aliphatic rings. The van der Waals surface area contributed by atoms with Crippen molar-refractivity contribution in [2.45, 2.75) is 12.4 Å². The molecule has 0 atom stereocenters. The fraction of sp³-hybridized carbons (Fsp3) is 0.100. The summed E-state index contributed by atoms with van der Waals surface area (Å²) >= 11 is 0. The van der Waals surface area contributed by atoms with E-state index in [1.807, 2.05) is 0 Å². The fourth-order valence-corrected chi connectivity index (χ4v) is 4.01. The molecular weight excluding hydrogens is 433 g/mol. The average molecular weight is 446 g/mol. The SMILES string of the molecule is O=P(Oc1ccc(C(F)(F)F)cc1)(Oc1ccc(C(F)(F)F)cc1)c1ccccc1. The predicted octanol–water partition coefficient (Wildman–Crippen LogP) is 6.70. The molecule has 3 aromatic carbocycles. The fourth-order valence-electron chi connectivity index (χ4n) is 2.42. The van der Waals surface area contributed by atoms with Crippen molar-refractivity contribution in [2.24, 2.45) is 0 Å². The number of halogens is 6. The lowest BCUT2D eigenvalue weighted by atomic mass is 10.2. The zero-order chi connectivity index (χ0) is 22.0. The highest BCUT2D eigenvalue weighted by Gasteiger charge is 2.34. The van der Waals surface area contributed by atoms with Crippen molar-refractivity contribution in [3.05, 3.63) is 90.0 Å². The van der Waals surface area contributed by atoms with Gasteiger partial charge in [-0.1, -0.05) is 18.2 Å². The van der Waals surface area contributed by atoms with Crippen LogP contribution in [0.2, 0.25) is 0 Å². The quantitative estimate of drug-likeness (QED) is 0.323. The van der Waals surface area contributed by atoms with E-state index in [2.05, 4.69) is 0 Å². The maximum Gasteiger partial charge on any atom is 0.462 e. The second-order valence-electron chi connectivity index (χ2n) is 6.06. The average Bonchev–Trinajstić information content (AvgIpc) is 2.68. The molecule has 0 saturated carbocycles. The highest BCUT2D eigenvalue weighted by atomic mass is 31.2. The minimum absolute atomic E-state index is 0.0739. The van der Waals surface area contributed by atoms with Crippen LogP contribution in [0.15, 0.2) is 78.9 Å². The molecule has 0 heterocycles. The van der Waals surface area contributed by atoms with Crippen LogP contribution in [0.25, 0.3) is 0 Å². The normalized spacial score (nSPS) is 12.5. The van der Waals surface area contributed by atoms with Gasteiger partial charge in [-0.3, -0.25) is 0 Å². The van der Waals surface area contributed by atoms with Crippen molar-refractivity contribution in [1.82, 2.24) is 0 Å². The highest BCUT2D eigenvalue weighted by Crippen LogP contribution is 2.48. The van der Waals surface area contributed by atoms with E-state index >= 15 is 0 Å². The minimum atomic E-state index is -4.56. The Morgan fingerprint density at radius 3 is 1.27 bits per heavy atom. The van der Waals surface area contributed by atoms with Gasteiger partial charge >= 0.3 is 19.9 Å². The van der Waals surface area contributed by atoms with E-state index < -0.39 is 31.1 Å². The maximum atomic E-state index is 13.4. The van der Waals surface area contributed by atoms with Gasteiger partial charge in [0.25, 0.3) is 0 Å². The number of benzene rings is 3. The molecule has 0 unspecified atom stereocenters. The summed E-state index contributed by atoms with van der Waals surface area (Å²) in [7, 11) is -4.19. The van der Waals surface area contributed by atoms with Crippen LogP contribution in [-0.4, -0.2) is 0 Å². The molecule has 0 amide bonds. The van der Waals surface area contributed by atoms with Crippen LogP contribution in [0, 0.1) is 0 Å². The molecule has 0 spiro atoms. The third-order valence-electron chi connectivity index (χ3n) is 3.89. The summed E-state index contributed by atoms with van der Waals surface area (Å²) < 4.78 is 101. The Hall–Kier alpha value is -2.93. The van der Waals surface area contributed by atoms with Gasteiger partial charge in [0, 0.05) is 0 Å². The van der Waals surface area contributed by atoms with Crippen molar-refractivity contribution >= 4 is 12.9 Å². The van der Waals surface area contributed by atoms with Crippen molar-refractivity contribution in [1.29, 1.82) is 0 Å². The third-order valence-corrected chi connectivity index (χ3v) is 5.72. The Morgan fingerprint density at radius 2 is 0.933 bits per heavy atom. The van der Waals surface area contributed by atoms with Crippen molar-refractivity contribution in [3.8, 4) is 11.5 Å². The summed E-state index contributed by atoms with van der Waals surface area (Å²) in [6.07, 6.45) is -9.11. The Morgan fingerprint density at radius 1 is 0.567 bits per heavy atom. The Kier molecular flexibility index (Phi) is 5.85. The molecule has 0 saturated heterocycles. The Balaban J connectivity index is 1.91. The van der Waals surface area contributed by atoms with Gasteiger partial charge in [0.05, 0.1) is 16.4 Å². The molecule has 0 aliphatic heterocycles. The van der Waals surface area contributed by atoms with Gasteiger partial charge in [0.2, 0.25) is 0 Å². The first kappa shape index (κ1) is 21.8. The number of hydrogen-bond donors (Lipinski definition) is 0. The van der Waals surface area contributed by atoms with Gasteiger partial charge in [-0.05, 0) is 60.7 Å². The van der Waals surface area contributed by atoms with Crippen molar-refractivity contribution in [2.75, 3.05) is 0 Å². The van der Waals surface area contributed by atoms with Crippen molar-refractivity contribution < 1.29 is 40.0 Å². The first-order valence-electron chi connectivity index (χ1n) is 8.37. The zero-order valence-electron chi connectivity index (χ0n) is 14.9. The molecule has 0 N–H and O–H groups in total. The third kappa shape index (κ3) is 5.16. The summed E-state index contributed by atoms with van der Waals surface area (Å²) in [5, 5.41) is 0.0739. The second kappa shape index (κ2) is 8.07. The topological polar surface area (TPSA) is 35.5 Å². The number of hydrogen-bond acceptors (Lipinski definition) is 3. The maximum absolute atomic E-state index is 13.4. The lowest BCUT2D eigenvalue weighted by molar-refractivity contribution is -0.138. The van der Waals surface area contributed by atoms with Crippen LogP contribution < -0.4 is 14.4 Å². The van der Waals surface area contributed by atoms with Crippen LogP contribution >= 0.6 is 7.60 Å². The standard InChI is InChI=1S/C20H13F6O3P/c21-19(22,23)14-6-10-16(11-7-14)28-30(27,18-4-2-1-3-5-18)29-17-12-8-15(9-13-17)20(24,25)26/h1-13H. The number of rotatable bonds is 5. The van der Waals surface area contributed by atoms with Crippen LogP contribution in [0.4, 0.5) is 26.3 Å². The van der Waals surface area contributed by atoms with Crippen LogP contribution in [-0.2, 0) is 16.9 Å². The molecule has 3 aromatic rings. The van der Waals surface area contributed by atoms with E-state index in [0.717, 1.165) is 48.5 Å². The molecule has 0 bridgehead atoms. The van der Waals surface area contributed by atoms with Crippen molar-refractivity contribution in [3.63, 3.8) is 0 Å². The Bertz CT molecular complexity index is 966. The summed E-state index contributed by atoms with van der Waals surface area (Å²) in [6, 6.07) is 14.5. The highest BCUT2D eigenvalue weighted by molar-refractivity contribution is 7.63. The van der Waals surface area contributed by atoms with E-state index in [4.69, 9.17) is 9.05 Å². The van der Waals surface area contributed by atoms with Gasteiger partial charge in [0.15, 0.2) is 0 Å². The molecule has 0 aliphatic carbocycles. The molecule has 3 nitrogen and oxygen atoms in total. The van der Waals surface area contributed by atoms with Crippen LogP contribution in [0.5, 0.6) is 11.5 Å². The smallest absolute Gasteiger partial charge is 0.413 e. The number of alkyl halides is 6. The van der Waals surface area contributed by atoms with Crippen LogP contribution in [0.1, 0.15) is 11.1 Å². The molecule has 0 aromatic heterocycles. The summed E-state index contributed by atoms with van der Waals surface area (Å²) in [4.78, 5) is 0. The second-order valence-corrected chi connectivity index (χ2v) is 7.94. The zero-order valence-corrected chi connectivity index (χ0v) is 15.8. The molecule has 158 valence electrons. The molecule has 30 heavy (non-hydrogen) atoms. The lowest BCUT2D eigenvalue weighted by Crippen LogP contribution is -2.15. The van der Waals surface area contributed by atoms with E-state index in [0.29, 0.717) is 0 Å². The van der Waals surface area contributed by atoms with Gasteiger partial charge in [-0.25, -0.2) is 4.57 Å². The van der Waals surface area contributed by atoms with Gasteiger partial charge in [0.1, 0.15) is 11.5 Å². The first-order valence-corrected chi connectivity index (χ1v) is 9.91. The molecule has 3 rings (SSSR count). The largest absolute Gasteiger partial charge is 0.462 e. The summed E-state index contributed by atoms with van der Waals surface area (Å²) in [6.45, 7) is 0. The lowest BCUT2D eigenvalue weighted by Gasteiger charge is -2.21. The van der Waals surface area contributed by atoms with E-state index in [1.165, 1.54) is 24.3 Å². The van der Waals surface area contributed by atoms with E-state index in [1.54, 1.807) is 6.07 Å².